The van der Waals surface area contributed by atoms with Crippen LogP contribution in [0.1, 0.15) is 33.6 Å². The minimum atomic E-state index is -0.181. The Hall–Kier alpha value is -2.69. The molecule has 1 aromatic carbocycles. The summed E-state index contributed by atoms with van der Waals surface area (Å²) in [6, 6.07) is 11.0. The van der Waals surface area contributed by atoms with Crippen LogP contribution < -0.4 is 4.90 Å². The molecule has 5 heteroatoms. The van der Waals surface area contributed by atoms with Crippen molar-refractivity contribution < 1.29 is 9.59 Å². The molecule has 1 aliphatic heterocycles. The average Bonchev–Trinajstić information content (AvgIpc) is 3.15. The van der Waals surface area contributed by atoms with E-state index in [1.807, 2.05) is 35.2 Å². The average molecular weight is 309 g/mol. The van der Waals surface area contributed by atoms with Crippen molar-refractivity contribution in [3.05, 3.63) is 59.9 Å². The van der Waals surface area contributed by atoms with Crippen LogP contribution in [0, 0.1) is 0 Å². The molecule has 1 saturated heterocycles. The van der Waals surface area contributed by atoms with E-state index in [0.29, 0.717) is 11.1 Å². The molecule has 1 fully saturated rings. The Morgan fingerprint density at radius 3 is 2.39 bits per heavy atom. The lowest BCUT2D eigenvalue weighted by atomic mass is 10.1. The lowest BCUT2D eigenvalue weighted by molar-refractivity contribution is 0.0792. The van der Waals surface area contributed by atoms with Crippen LogP contribution in [-0.4, -0.2) is 41.8 Å². The third-order valence-electron chi connectivity index (χ3n) is 4.07. The van der Waals surface area contributed by atoms with Crippen LogP contribution >= 0.6 is 0 Å². The number of pyridine rings is 1. The largest absolute Gasteiger partial charge is 0.339 e. The molecule has 0 radical (unpaired) electrons. The van der Waals surface area contributed by atoms with Gasteiger partial charge in [-0.2, -0.15) is 0 Å². The van der Waals surface area contributed by atoms with E-state index in [9.17, 15) is 9.59 Å². The van der Waals surface area contributed by atoms with E-state index < -0.39 is 0 Å². The molecule has 2 aromatic rings. The molecule has 0 atom stereocenters. The van der Waals surface area contributed by atoms with Crippen molar-refractivity contribution in [2.45, 2.75) is 12.8 Å². The number of carbonyl (C=O) groups is 2. The van der Waals surface area contributed by atoms with Crippen LogP contribution in [0.15, 0.2) is 48.8 Å². The summed E-state index contributed by atoms with van der Waals surface area (Å²) in [7, 11) is 1.71. The molecule has 0 unspecified atom stereocenters. The van der Waals surface area contributed by atoms with Crippen LogP contribution in [0.4, 0.5) is 5.69 Å². The van der Waals surface area contributed by atoms with E-state index in [4.69, 9.17) is 0 Å². The number of benzene rings is 1. The van der Waals surface area contributed by atoms with E-state index in [-0.39, 0.29) is 11.8 Å². The van der Waals surface area contributed by atoms with Gasteiger partial charge in [0.25, 0.3) is 11.8 Å². The van der Waals surface area contributed by atoms with E-state index >= 15 is 0 Å². The quantitative estimate of drug-likeness (QED) is 0.875. The van der Waals surface area contributed by atoms with Crippen LogP contribution in [-0.2, 0) is 0 Å². The van der Waals surface area contributed by atoms with Gasteiger partial charge in [-0.15, -0.1) is 0 Å². The lowest BCUT2D eigenvalue weighted by Crippen LogP contribution is -2.29. The molecule has 1 aliphatic rings. The number of nitrogens with zero attached hydrogens (tertiary/aromatic N) is 3. The summed E-state index contributed by atoms with van der Waals surface area (Å²) in [6.07, 6.45) is 5.10. The van der Waals surface area contributed by atoms with Gasteiger partial charge in [0.15, 0.2) is 0 Å². The van der Waals surface area contributed by atoms with Gasteiger partial charge in [0.2, 0.25) is 0 Å². The summed E-state index contributed by atoms with van der Waals surface area (Å²) in [6.45, 7) is 1.56. The predicted molar refractivity (Wildman–Crippen MR) is 88.6 cm³/mol. The summed E-state index contributed by atoms with van der Waals surface area (Å²) >= 11 is 0. The number of para-hydroxylation sites is 1. The first kappa shape index (κ1) is 15.2. The summed E-state index contributed by atoms with van der Waals surface area (Å²) < 4.78 is 0. The lowest BCUT2D eigenvalue weighted by Gasteiger charge is -2.18. The number of carbonyl (C=O) groups excluding carboxylic acids is 2. The third-order valence-corrected chi connectivity index (χ3v) is 4.07. The van der Waals surface area contributed by atoms with Crippen LogP contribution in [0.25, 0.3) is 0 Å². The van der Waals surface area contributed by atoms with Gasteiger partial charge >= 0.3 is 0 Å². The molecule has 2 heterocycles. The second-order valence-corrected chi connectivity index (χ2v) is 5.66. The molecule has 0 N–H and O–H groups in total. The van der Waals surface area contributed by atoms with Crippen molar-refractivity contribution in [2.24, 2.45) is 0 Å². The zero-order valence-corrected chi connectivity index (χ0v) is 13.1. The molecular formula is C18H19N3O2. The molecule has 2 amide bonds. The zero-order chi connectivity index (χ0) is 16.2. The Kier molecular flexibility index (Phi) is 4.37. The third kappa shape index (κ3) is 3.23. The Bertz CT molecular complexity index is 709. The number of aromatic nitrogens is 1. The first-order valence-electron chi connectivity index (χ1n) is 7.74. The Morgan fingerprint density at radius 2 is 1.70 bits per heavy atom. The molecule has 3 rings (SSSR count). The van der Waals surface area contributed by atoms with Crippen LogP contribution in [0.5, 0.6) is 0 Å². The van der Waals surface area contributed by atoms with Crippen LogP contribution in [0.2, 0.25) is 0 Å². The molecule has 0 spiro atoms. The van der Waals surface area contributed by atoms with Gasteiger partial charge in [0.1, 0.15) is 0 Å². The molecular weight excluding hydrogens is 290 g/mol. The summed E-state index contributed by atoms with van der Waals surface area (Å²) in [5.41, 5.74) is 1.69. The topological polar surface area (TPSA) is 53.5 Å². The van der Waals surface area contributed by atoms with Gasteiger partial charge in [0.05, 0.1) is 11.1 Å². The van der Waals surface area contributed by atoms with E-state index in [2.05, 4.69) is 4.98 Å². The van der Waals surface area contributed by atoms with Gasteiger partial charge in [0, 0.05) is 38.2 Å². The molecule has 0 aliphatic carbocycles. The molecule has 5 nitrogen and oxygen atoms in total. The highest BCUT2D eigenvalue weighted by atomic mass is 16.2. The molecule has 1 aromatic heterocycles. The monoisotopic (exact) mass is 309 g/mol. The Labute approximate surface area is 135 Å². The molecule has 0 bridgehead atoms. The maximum absolute atomic E-state index is 12.6. The summed E-state index contributed by atoms with van der Waals surface area (Å²) in [4.78, 5) is 32.5. The number of hydrogen-bond acceptors (Lipinski definition) is 3. The smallest absolute Gasteiger partial charge is 0.259 e. The highest BCUT2D eigenvalue weighted by Crippen LogP contribution is 2.17. The van der Waals surface area contributed by atoms with Crippen molar-refractivity contribution in [3.8, 4) is 0 Å². The molecule has 23 heavy (non-hydrogen) atoms. The summed E-state index contributed by atoms with van der Waals surface area (Å²) in [5, 5.41) is 0. The minimum absolute atomic E-state index is 0.0491. The van der Waals surface area contributed by atoms with Crippen molar-refractivity contribution in [1.82, 2.24) is 9.88 Å². The van der Waals surface area contributed by atoms with Gasteiger partial charge in [-0.25, -0.2) is 0 Å². The first-order chi connectivity index (χ1) is 11.2. The first-order valence-corrected chi connectivity index (χ1v) is 7.74. The normalized spacial score (nSPS) is 13.9. The van der Waals surface area contributed by atoms with E-state index in [1.54, 1.807) is 18.0 Å². The number of anilines is 1. The SMILES string of the molecule is CN(C(=O)c1cncc(C(=O)N2CCCC2)c1)c1ccccc1. The van der Waals surface area contributed by atoms with E-state index in [0.717, 1.165) is 31.6 Å². The second-order valence-electron chi connectivity index (χ2n) is 5.66. The number of rotatable bonds is 3. The predicted octanol–water partition coefficient (Wildman–Crippen LogP) is 2.59. The fraction of sp³-hybridized carbons (Fsp3) is 0.278. The number of likely N-dealkylation sites (tertiary alicyclic amines) is 1. The highest BCUT2D eigenvalue weighted by Gasteiger charge is 2.21. The molecule has 0 saturated carbocycles. The summed E-state index contributed by atoms with van der Waals surface area (Å²) in [5.74, 6) is -0.230. The number of hydrogen-bond donors (Lipinski definition) is 0. The van der Waals surface area contributed by atoms with Gasteiger partial charge in [-0.05, 0) is 31.0 Å². The Morgan fingerprint density at radius 1 is 1.04 bits per heavy atom. The van der Waals surface area contributed by atoms with Gasteiger partial charge in [-0.3, -0.25) is 14.6 Å². The van der Waals surface area contributed by atoms with Crippen molar-refractivity contribution in [3.63, 3.8) is 0 Å². The zero-order valence-electron chi connectivity index (χ0n) is 13.1. The van der Waals surface area contributed by atoms with Gasteiger partial charge < -0.3 is 9.80 Å². The fourth-order valence-corrected chi connectivity index (χ4v) is 2.74. The Balaban J connectivity index is 1.81. The minimum Gasteiger partial charge on any atom is -0.339 e. The van der Waals surface area contributed by atoms with Crippen LogP contribution in [0.3, 0.4) is 0 Å². The van der Waals surface area contributed by atoms with Crippen molar-refractivity contribution in [2.75, 3.05) is 25.0 Å². The number of amides is 2. The molecule has 118 valence electrons. The highest BCUT2D eigenvalue weighted by molar-refractivity contribution is 6.07. The van der Waals surface area contributed by atoms with Crippen molar-refractivity contribution >= 4 is 17.5 Å². The van der Waals surface area contributed by atoms with Gasteiger partial charge in [-0.1, -0.05) is 18.2 Å². The maximum atomic E-state index is 12.6. The maximum Gasteiger partial charge on any atom is 0.259 e. The second kappa shape index (κ2) is 6.60. The van der Waals surface area contributed by atoms with Crippen molar-refractivity contribution in [1.29, 1.82) is 0 Å². The fourth-order valence-electron chi connectivity index (χ4n) is 2.74. The van der Waals surface area contributed by atoms with E-state index in [1.165, 1.54) is 12.4 Å². The standard InChI is InChI=1S/C18H19N3O2/c1-20(16-7-3-2-4-8-16)17(22)14-11-15(13-19-12-14)18(23)21-9-5-6-10-21/h2-4,7-8,11-13H,5-6,9-10H2,1H3.